The van der Waals surface area contributed by atoms with Gasteiger partial charge >= 0.3 is 0 Å². The Balaban J connectivity index is 1.39. The van der Waals surface area contributed by atoms with Crippen LogP contribution in [0.15, 0.2) is 91.5 Å². The molecule has 0 aliphatic carbocycles. The molecule has 1 aliphatic rings. The van der Waals surface area contributed by atoms with Crippen LogP contribution in [0.2, 0.25) is 0 Å². The SMILES string of the molecule is C=CC(=O)Cc1cccc(-c2nc(Nc3cccc(N4CCC(C)CC4)c3)nc3n[nH]c(Nc4ccccc4)c23)c1. The number of allylic oxidation sites excluding steroid dienone is 1. The number of anilines is 5. The van der Waals surface area contributed by atoms with Gasteiger partial charge < -0.3 is 15.5 Å². The number of fused-ring (bicyclic) bond motifs is 1. The summed E-state index contributed by atoms with van der Waals surface area (Å²) in [5.41, 5.74) is 6.01. The molecule has 0 bridgehead atoms. The molecule has 3 aromatic carbocycles. The minimum atomic E-state index is -0.0323. The third-order valence-corrected chi connectivity index (χ3v) is 7.51. The lowest BCUT2D eigenvalue weighted by atomic mass is 9.99. The maximum absolute atomic E-state index is 12.1. The second-order valence-corrected chi connectivity index (χ2v) is 10.6. The molecule has 0 atom stereocenters. The fraction of sp³-hybridized carbons (Fsp3) is 0.212. The fourth-order valence-electron chi connectivity index (χ4n) is 5.22. The quantitative estimate of drug-likeness (QED) is 0.172. The van der Waals surface area contributed by atoms with E-state index in [-0.39, 0.29) is 12.2 Å². The molecule has 0 saturated carbocycles. The second kappa shape index (κ2) is 11.6. The van der Waals surface area contributed by atoms with Crippen LogP contribution in [0.25, 0.3) is 22.3 Å². The lowest BCUT2D eigenvalue weighted by Crippen LogP contribution is -2.32. The molecular weight excluding hydrogens is 510 g/mol. The molecule has 0 spiro atoms. The average Bonchev–Trinajstić information content (AvgIpc) is 3.40. The maximum Gasteiger partial charge on any atom is 0.229 e. The van der Waals surface area contributed by atoms with Crippen molar-refractivity contribution in [2.24, 2.45) is 5.92 Å². The van der Waals surface area contributed by atoms with E-state index >= 15 is 0 Å². The van der Waals surface area contributed by atoms with Gasteiger partial charge in [-0.2, -0.15) is 10.1 Å². The van der Waals surface area contributed by atoms with Gasteiger partial charge in [-0.3, -0.25) is 9.89 Å². The van der Waals surface area contributed by atoms with E-state index in [9.17, 15) is 4.79 Å². The lowest BCUT2D eigenvalue weighted by Gasteiger charge is -2.32. The minimum absolute atomic E-state index is 0.0323. The number of hydrogen-bond donors (Lipinski definition) is 3. The Morgan fingerprint density at radius 3 is 2.56 bits per heavy atom. The largest absolute Gasteiger partial charge is 0.371 e. The molecule has 6 rings (SSSR count). The highest BCUT2D eigenvalue weighted by molar-refractivity contribution is 6.01. The number of benzene rings is 3. The Morgan fingerprint density at radius 2 is 1.76 bits per heavy atom. The number of nitrogens with zero attached hydrogens (tertiary/aromatic N) is 4. The van der Waals surface area contributed by atoms with Crippen molar-refractivity contribution in [1.29, 1.82) is 0 Å². The molecule has 5 aromatic rings. The Labute approximate surface area is 239 Å². The number of para-hydroxylation sites is 1. The van der Waals surface area contributed by atoms with Crippen molar-refractivity contribution in [3.05, 3.63) is 97.1 Å². The summed E-state index contributed by atoms with van der Waals surface area (Å²) in [6.45, 7) is 8.06. The molecule has 2 aromatic heterocycles. The molecule has 1 aliphatic heterocycles. The summed E-state index contributed by atoms with van der Waals surface area (Å²) in [5, 5.41) is 15.2. The number of aromatic amines is 1. The van der Waals surface area contributed by atoms with Crippen LogP contribution in [0.5, 0.6) is 0 Å². The number of aromatic nitrogens is 4. The molecule has 206 valence electrons. The van der Waals surface area contributed by atoms with Crippen molar-refractivity contribution in [2.75, 3.05) is 28.6 Å². The Bertz CT molecular complexity index is 1690. The first kappa shape index (κ1) is 26.3. The smallest absolute Gasteiger partial charge is 0.229 e. The van der Waals surface area contributed by atoms with Crippen molar-refractivity contribution in [3.63, 3.8) is 0 Å². The predicted octanol–water partition coefficient (Wildman–Crippen LogP) is 7.04. The number of carbonyl (C=O) groups excluding carboxylic acids is 1. The lowest BCUT2D eigenvalue weighted by molar-refractivity contribution is -0.114. The van der Waals surface area contributed by atoms with E-state index in [0.29, 0.717) is 23.1 Å². The number of carbonyl (C=O) groups is 1. The third kappa shape index (κ3) is 5.96. The summed E-state index contributed by atoms with van der Waals surface area (Å²) in [7, 11) is 0. The van der Waals surface area contributed by atoms with Crippen LogP contribution in [0, 0.1) is 5.92 Å². The Morgan fingerprint density at radius 1 is 0.976 bits per heavy atom. The molecule has 0 unspecified atom stereocenters. The fourth-order valence-corrected chi connectivity index (χ4v) is 5.22. The van der Waals surface area contributed by atoms with Gasteiger partial charge in [0.05, 0.1) is 11.1 Å². The molecule has 0 radical (unpaired) electrons. The molecule has 3 heterocycles. The average molecular weight is 544 g/mol. The number of hydrogen-bond acceptors (Lipinski definition) is 7. The topological polar surface area (TPSA) is 98.8 Å². The highest BCUT2D eigenvalue weighted by Crippen LogP contribution is 2.34. The van der Waals surface area contributed by atoms with E-state index < -0.39 is 0 Å². The van der Waals surface area contributed by atoms with Crippen molar-refractivity contribution >= 4 is 45.6 Å². The van der Waals surface area contributed by atoms with Gasteiger partial charge in [0.2, 0.25) is 5.95 Å². The maximum atomic E-state index is 12.1. The van der Waals surface area contributed by atoms with E-state index in [4.69, 9.17) is 9.97 Å². The summed E-state index contributed by atoms with van der Waals surface area (Å²) in [4.78, 5) is 24.3. The van der Waals surface area contributed by atoms with Crippen LogP contribution in [0.3, 0.4) is 0 Å². The molecule has 41 heavy (non-hydrogen) atoms. The molecule has 1 saturated heterocycles. The number of H-pyrrole nitrogens is 1. The standard InChI is InChI=1S/C33H33N7O/c1-3-28(41)20-23-9-7-10-24(19-23)30-29-31(34-25-11-5-4-6-12-25)38-39-32(29)37-33(36-30)35-26-13-8-14-27(21-26)40-17-15-22(2)16-18-40/h3-14,19,21-22H,1,15-18,20H2,2H3,(H3,34,35,36,37,38,39). The van der Waals surface area contributed by atoms with E-state index in [1.807, 2.05) is 60.7 Å². The first-order chi connectivity index (χ1) is 20.1. The van der Waals surface area contributed by atoms with E-state index in [1.54, 1.807) is 0 Å². The molecule has 1 fully saturated rings. The summed E-state index contributed by atoms with van der Waals surface area (Å²) in [6, 6.07) is 26.1. The van der Waals surface area contributed by atoms with E-state index in [2.05, 4.69) is 57.4 Å². The minimum Gasteiger partial charge on any atom is -0.371 e. The molecule has 0 amide bonds. The van der Waals surface area contributed by atoms with E-state index in [1.165, 1.54) is 24.6 Å². The van der Waals surface area contributed by atoms with E-state index in [0.717, 1.165) is 46.9 Å². The van der Waals surface area contributed by atoms with Gasteiger partial charge in [-0.25, -0.2) is 4.98 Å². The summed E-state index contributed by atoms with van der Waals surface area (Å²) < 4.78 is 0. The van der Waals surface area contributed by atoms with Crippen molar-refractivity contribution in [1.82, 2.24) is 20.2 Å². The number of rotatable bonds is 9. The first-order valence-corrected chi connectivity index (χ1v) is 14.0. The molecular formula is C33H33N7O. The van der Waals surface area contributed by atoms with Gasteiger partial charge in [-0.15, -0.1) is 0 Å². The van der Waals surface area contributed by atoms with Crippen LogP contribution in [-0.2, 0) is 11.2 Å². The highest BCUT2D eigenvalue weighted by atomic mass is 16.1. The van der Waals surface area contributed by atoms with Gasteiger partial charge in [0.1, 0.15) is 5.82 Å². The number of piperidine rings is 1. The zero-order chi connectivity index (χ0) is 28.2. The third-order valence-electron chi connectivity index (χ3n) is 7.51. The zero-order valence-corrected chi connectivity index (χ0v) is 23.1. The van der Waals surface area contributed by atoms with Gasteiger partial charge in [-0.05, 0) is 66.8 Å². The Hall–Kier alpha value is -4.98. The monoisotopic (exact) mass is 543 g/mol. The number of ketones is 1. The van der Waals surface area contributed by atoms with Crippen molar-refractivity contribution in [3.8, 4) is 11.3 Å². The van der Waals surface area contributed by atoms with Crippen LogP contribution in [0.4, 0.5) is 28.8 Å². The van der Waals surface area contributed by atoms with Gasteiger partial charge in [-0.1, -0.05) is 56.0 Å². The van der Waals surface area contributed by atoms with Crippen molar-refractivity contribution in [2.45, 2.75) is 26.2 Å². The second-order valence-electron chi connectivity index (χ2n) is 10.6. The molecule has 8 heteroatoms. The Kier molecular flexibility index (Phi) is 7.45. The number of nitrogens with one attached hydrogen (secondary N) is 3. The van der Waals surface area contributed by atoms with Crippen molar-refractivity contribution < 1.29 is 4.79 Å². The van der Waals surface area contributed by atoms with Gasteiger partial charge in [0, 0.05) is 42.1 Å². The zero-order valence-electron chi connectivity index (χ0n) is 23.1. The summed E-state index contributed by atoms with van der Waals surface area (Å²) in [6.07, 6.45) is 4.04. The molecule has 3 N–H and O–H groups in total. The highest BCUT2D eigenvalue weighted by Gasteiger charge is 2.19. The van der Waals surface area contributed by atoms with Gasteiger partial charge in [0.15, 0.2) is 11.4 Å². The van der Waals surface area contributed by atoms with Crippen LogP contribution in [0.1, 0.15) is 25.3 Å². The van der Waals surface area contributed by atoms with Crippen LogP contribution >= 0.6 is 0 Å². The first-order valence-electron chi connectivity index (χ1n) is 14.0. The van der Waals surface area contributed by atoms with Crippen LogP contribution in [-0.4, -0.2) is 39.0 Å². The van der Waals surface area contributed by atoms with Gasteiger partial charge in [0.25, 0.3) is 0 Å². The molecule has 8 nitrogen and oxygen atoms in total. The normalized spacial score (nSPS) is 13.7. The summed E-state index contributed by atoms with van der Waals surface area (Å²) in [5.74, 6) is 1.88. The summed E-state index contributed by atoms with van der Waals surface area (Å²) >= 11 is 0. The van der Waals surface area contributed by atoms with Crippen LogP contribution < -0.4 is 15.5 Å². The predicted molar refractivity (Wildman–Crippen MR) is 166 cm³/mol.